The smallest absolute Gasteiger partial charge is 0.272 e. The number of halogens is 1. The van der Waals surface area contributed by atoms with Crippen molar-refractivity contribution in [3.63, 3.8) is 0 Å². The van der Waals surface area contributed by atoms with Crippen molar-refractivity contribution in [2.75, 3.05) is 26.2 Å². The lowest BCUT2D eigenvalue weighted by Gasteiger charge is -2.37. The third-order valence-electron chi connectivity index (χ3n) is 4.28. The van der Waals surface area contributed by atoms with Crippen LogP contribution in [0.5, 0.6) is 0 Å². The van der Waals surface area contributed by atoms with Gasteiger partial charge < -0.3 is 4.90 Å². The molecule has 2 fully saturated rings. The molecule has 2 aliphatic heterocycles. The van der Waals surface area contributed by atoms with E-state index in [1.54, 1.807) is 18.3 Å². The van der Waals surface area contributed by atoms with E-state index in [9.17, 15) is 4.79 Å². The average Bonchev–Trinajstić information content (AvgIpc) is 3.01. The van der Waals surface area contributed by atoms with Gasteiger partial charge in [-0.1, -0.05) is 11.6 Å². The molecule has 108 valence electrons. The standard InChI is InChI=1S/C15H20ClN3O/c16-12-5-6-17-14(10-12)15(20)19-9-3-4-13(11-19)18-7-1-2-8-18/h5-6,10,13H,1-4,7-9,11H2. The Bertz CT molecular complexity index is 488. The molecular weight excluding hydrogens is 274 g/mol. The van der Waals surface area contributed by atoms with Crippen LogP contribution in [0.25, 0.3) is 0 Å². The minimum absolute atomic E-state index is 0.0106. The Balaban J connectivity index is 1.68. The van der Waals surface area contributed by atoms with Gasteiger partial charge in [0.2, 0.25) is 0 Å². The van der Waals surface area contributed by atoms with Crippen LogP contribution < -0.4 is 0 Å². The predicted octanol–water partition coefficient (Wildman–Crippen LogP) is 2.44. The third kappa shape index (κ3) is 2.96. The summed E-state index contributed by atoms with van der Waals surface area (Å²) in [6, 6.07) is 3.87. The topological polar surface area (TPSA) is 36.4 Å². The van der Waals surface area contributed by atoms with E-state index in [0.717, 1.165) is 19.5 Å². The molecule has 3 heterocycles. The van der Waals surface area contributed by atoms with E-state index in [-0.39, 0.29) is 5.91 Å². The summed E-state index contributed by atoms with van der Waals surface area (Å²) in [7, 11) is 0. The zero-order valence-electron chi connectivity index (χ0n) is 11.6. The van der Waals surface area contributed by atoms with Crippen LogP contribution in [0.15, 0.2) is 18.3 Å². The Labute approximate surface area is 124 Å². The first-order valence-electron chi connectivity index (χ1n) is 7.39. The monoisotopic (exact) mass is 293 g/mol. The molecule has 1 aromatic rings. The number of likely N-dealkylation sites (tertiary alicyclic amines) is 2. The van der Waals surface area contributed by atoms with Crippen LogP contribution >= 0.6 is 11.6 Å². The molecule has 1 unspecified atom stereocenters. The lowest BCUT2D eigenvalue weighted by Crippen LogP contribution is -2.49. The number of pyridine rings is 1. The molecule has 1 aromatic heterocycles. The van der Waals surface area contributed by atoms with Crippen LogP contribution in [-0.4, -0.2) is 52.9 Å². The Morgan fingerprint density at radius 1 is 1.25 bits per heavy atom. The first-order valence-corrected chi connectivity index (χ1v) is 7.77. The van der Waals surface area contributed by atoms with Crippen molar-refractivity contribution in [1.82, 2.24) is 14.8 Å². The van der Waals surface area contributed by atoms with E-state index in [0.29, 0.717) is 16.8 Å². The fourth-order valence-electron chi connectivity index (χ4n) is 3.23. The highest BCUT2D eigenvalue weighted by Gasteiger charge is 2.30. The van der Waals surface area contributed by atoms with Crippen molar-refractivity contribution in [2.24, 2.45) is 0 Å². The molecule has 4 nitrogen and oxygen atoms in total. The third-order valence-corrected chi connectivity index (χ3v) is 4.52. The van der Waals surface area contributed by atoms with Crippen molar-refractivity contribution in [3.05, 3.63) is 29.0 Å². The highest BCUT2D eigenvalue weighted by atomic mass is 35.5. The Kier molecular flexibility index (Phi) is 4.22. The maximum atomic E-state index is 12.5. The summed E-state index contributed by atoms with van der Waals surface area (Å²) >= 11 is 5.94. The Hall–Kier alpha value is -1.13. The van der Waals surface area contributed by atoms with Gasteiger partial charge in [-0.15, -0.1) is 0 Å². The van der Waals surface area contributed by atoms with Gasteiger partial charge in [0.1, 0.15) is 5.69 Å². The van der Waals surface area contributed by atoms with Crippen LogP contribution in [-0.2, 0) is 0 Å². The second-order valence-corrected chi connectivity index (χ2v) is 6.09. The van der Waals surface area contributed by atoms with E-state index in [4.69, 9.17) is 11.6 Å². The Morgan fingerprint density at radius 2 is 2.05 bits per heavy atom. The highest BCUT2D eigenvalue weighted by molar-refractivity contribution is 6.30. The van der Waals surface area contributed by atoms with Crippen molar-refractivity contribution >= 4 is 17.5 Å². The molecule has 0 aliphatic carbocycles. The molecule has 0 saturated carbocycles. The van der Waals surface area contributed by atoms with Gasteiger partial charge in [-0.2, -0.15) is 0 Å². The molecule has 0 spiro atoms. The van der Waals surface area contributed by atoms with E-state index in [1.165, 1.54) is 32.4 Å². The zero-order chi connectivity index (χ0) is 13.9. The van der Waals surface area contributed by atoms with Gasteiger partial charge in [-0.25, -0.2) is 0 Å². The number of rotatable bonds is 2. The van der Waals surface area contributed by atoms with Gasteiger partial charge in [0.25, 0.3) is 5.91 Å². The van der Waals surface area contributed by atoms with Crippen LogP contribution in [0.4, 0.5) is 0 Å². The molecule has 20 heavy (non-hydrogen) atoms. The summed E-state index contributed by atoms with van der Waals surface area (Å²) in [5.74, 6) is 0.0106. The highest BCUT2D eigenvalue weighted by Crippen LogP contribution is 2.21. The SMILES string of the molecule is O=C(c1cc(Cl)ccn1)N1CCCC(N2CCCC2)C1. The minimum Gasteiger partial charge on any atom is -0.336 e. The van der Waals surface area contributed by atoms with Crippen LogP contribution in [0.1, 0.15) is 36.2 Å². The molecule has 5 heteroatoms. The van der Waals surface area contributed by atoms with Crippen LogP contribution in [0.2, 0.25) is 5.02 Å². The molecule has 2 aliphatic rings. The lowest BCUT2D eigenvalue weighted by molar-refractivity contribution is 0.0602. The van der Waals surface area contributed by atoms with Gasteiger partial charge in [0.15, 0.2) is 0 Å². The van der Waals surface area contributed by atoms with Gasteiger partial charge >= 0.3 is 0 Å². The fourth-order valence-corrected chi connectivity index (χ4v) is 3.39. The average molecular weight is 294 g/mol. The minimum atomic E-state index is 0.0106. The molecule has 0 aromatic carbocycles. The van der Waals surface area contributed by atoms with Gasteiger partial charge in [-0.05, 0) is 50.9 Å². The van der Waals surface area contributed by atoms with E-state index in [1.807, 2.05) is 4.90 Å². The number of aromatic nitrogens is 1. The maximum Gasteiger partial charge on any atom is 0.272 e. The van der Waals surface area contributed by atoms with Crippen LogP contribution in [0, 0.1) is 0 Å². The van der Waals surface area contributed by atoms with Crippen molar-refractivity contribution in [1.29, 1.82) is 0 Å². The fraction of sp³-hybridized carbons (Fsp3) is 0.600. The molecule has 3 rings (SSSR count). The quantitative estimate of drug-likeness (QED) is 0.840. The summed E-state index contributed by atoms with van der Waals surface area (Å²) in [6.07, 6.45) is 6.46. The van der Waals surface area contributed by atoms with E-state index >= 15 is 0 Å². The van der Waals surface area contributed by atoms with Gasteiger partial charge in [0, 0.05) is 30.4 Å². The largest absolute Gasteiger partial charge is 0.336 e. The lowest BCUT2D eigenvalue weighted by atomic mass is 10.0. The van der Waals surface area contributed by atoms with E-state index < -0.39 is 0 Å². The number of nitrogens with zero attached hydrogens (tertiary/aromatic N) is 3. The van der Waals surface area contributed by atoms with Crippen molar-refractivity contribution < 1.29 is 4.79 Å². The van der Waals surface area contributed by atoms with Gasteiger partial charge in [-0.3, -0.25) is 14.7 Å². The molecule has 0 bridgehead atoms. The summed E-state index contributed by atoms with van der Waals surface area (Å²) in [5, 5.41) is 0.566. The first-order chi connectivity index (χ1) is 9.74. The number of carbonyl (C=O) groups is 1. The predicted molar refractivity (Wildman–Crippen MR) is 79.0 cm³/mol. The summed E-state index contributed by atoms with van der Waals surface area (Å²) < 4.78 is 0. The normalized spacial score (nSPS) is 24.1. The molecule has 2 saturated heterocycles. The van der Waals surface area contributed by atoms with E-state index in [2.05, 4.69) is 9.88 Å². The number of amides is 1. The number of hydrogen-bond acceptors (Lipinski definition) is 3. The molecule has 0 N–H and O–H groups in total. The van der Waals surface area contributed by atoms with Gasteiger partial charge in [0.05, 0.1) is 0 Å². The number of carbonyl (C=O) groups excluding carboxylic acids is 1. The van der Waals surface area contributed by atoms with Crippen molar-refractivity contribution in [2.45, 2.75) is 31.7 Å². The number of piperidine rings is 1. The van der Waals surface area contributed by atoms with Crippen LogP contribution in [0.3, 0.4) is 0 Å². The second-order valence-electron chi connectivity index (χ2n) is 5.65. The summed E-state index contributed by atoms with van der Waals surface area (Å²) in [4.78, 5) is 21.1. The molecule has 0 radical (unpaired) electrons. The first kappa shape index (κ1) is 13.8. The Morgan fingerprint density at radius 3 is 2.80 bits per heavy atom. The second kappa shape index (κ2) is 6.10. The molecular formula is C15H20ClN3O. The summed E-state index contributed by atoms with van der Waals surface area (Å²) in [5.41, 5.74) is 0.458. The summed E-state index contributed by atoms with van der Waals surface area (Å²) in [6.45, 7) is 4.02. The molecule has 1 amide bonds. The maximum absolute atomic E-state index is 12.5. The van der Waals surface area contributed by atoms with Crippen molar-refractivity contribution in [3.8, 4) is 0 Å². The molecule has 1 atom stereocenters. The number of hydrogen-bond donors (Lipinski definition) is 0. The zero-order valence-corrected chi connectivity index (χ0v) is 12.4.